The Kier molecular flexibility index (Phi) is 45.5. The van der Waals surface area contributed by atoms with Crippen molar-refractivity contribution in [2.75, 3.05) is 19.8 Å². The van der Waals surface area contributed by atoms with Gasteiger partial charge in [-0.05, 0) is 77.0 Å². The smallest absolute Gasteiger partial charge is 0.306 e. The van der Waals surface area contributed by atoms with E-state index in [1.807, 2.05) is 6.08 Å². The summed E-state index contributed by atoms with van der Waals surface area (Å²) in [5.74, 6) is -0.524. The molecule has 0 saturated heterocycles. The summed E-state index contributed by atoms with van der Waals surface area (Å²) < 4.78 is 17.2. The summed E-state index contributed by atoms with van der Waals surface area (Å²) in [6.45, 7) is 7.38. The number of hydrogen-bond donors (Lipinski definition) is 0. The van der Waals surface area contributed by atoms with Gasteiger partial charge in [0.2, 0.25) is 0 Å². The zero-order chi connectivity index (χ0) is 42.1. The second-order valence-corrected chi connectivity index (χ2v) is 15.3. The van der Waals surface area contributed by atoms with Crippen molar-refractivity contribution in [3.63, 3.8) is 0 Å². The molecule has 0 N–H and O–H groups in total. The summed E-state index contributed by atoms with van der Waals surface area (Å²) >= 11 is 0. The molecule has 0 bridgehead atoms. The molecule has 0 aliphatic heterocycles. The summed E-state index contributed by atoms with van der Waals surface area (Å²) in [7, 11) is 0. The molecule has 0 radical (unpaired) electrons. The Hall–Kier alpha value is -3.18. The van der Waals surface area contributed by atoms with E-state index in [4.69, 9.17) is 14.2 Å². The van der Waals surface area contributed by atoms with Crippen LogP contribution in [-0.2, 0) is 23.8 Å². The molecule has 0 aliphatic rings. The number of carbonyl (C=O) groups excluding carboxylic acids is 2. The molecule has 0 spiro atoms. The number of unbranched alkanes of at least 4 members (excludes halogenated alkanes) is 15. The lowest BCUT2D eigenvalue weighted by atomic mass is 10.0. The van der Waals surface area contributed by atoms with Gasteiger partial charge in [0, 0.05) is 19.4 Å². The normalized spacial score (nSPS) is 13.1. The molecule has 0 aromatic rings. The molecule has 0 rings (SSSR count). The predicted molar refractivity (Wildman–Crippen MR) is 251 cm³/mol. The Morgan fingerprint density at radius 2 is 0.793 bits per heavy atom. The molecule has 1 atom stereocenters. The molecule has 0 aliphatic carbocycles. The number of hydrogen-bond acceptors (Lipinski definition) is 5. The van der Waals surface area contributed by atoms with Crippen LogP contribution in [0.5, 0.6) is 0 Å². The molecular formula is C53H88O5. The lowest BCUT2D eigenvalue weighted by Crippen LogP contribution is -2.30. The van der Waals surface area contributed by atoms with Gasteiger partial charge in [0.1, 0.15) is 6.61 Å². The second kappa shape index (κ2) is 48.2. The van der Waals surface area contributed by atoms with Crippen LogP contribution < -0.4 is 0 Å². The highest BCUT2D eigenvalue weighted by atomic mass is 16.6. The molecule has 0 saturated carbocycles. The topological polar surface area (TPSA) is 61.8 Å². The van der Waals surface area contributed by atoms with Crippen LogP contribution in [0, 0.1) is 0 Å². The quantitative estimate of drug-likeness (QED) is 0.0349. The van der Waals surface area contributed by atoms with Crippen molar-refractivity contribution in [2.45, 2.75) is 207 Å². The zero-order valence-corrected chi connectivity index (χ0v) is 37.8. The largest absolute Gasteiger partial charge is 0.462 e. The molecule has 5 heteroatoms. The standard InChI is InChI=1S/C53H88O5/c1-4-7-10-13-16-19-22-25-27-29-31-34-37-40-43-46-52(54)57-50-51(49-56-48-45-42-39-36-33-30-26-23-20-17-14-11-8-5-2)58-53(55)47-44-41-38-35-32-28-24-21-18-15-12-9-6-3/h8-9,11-12,17-18,20-21,26,28,30,32,36,38-39,41,51H,4-7,10,13-16,19,22-25,27,29,31,33-35,37,40,42-50H2,1-3H3/b11-8-,12-9-,20-17-,21-18-,30-26-,32-28-,39-36-,41-38-. The Morgan fingerprint density at radius 3 is 1.24 bits per heavy atom. The molecule has 0 heterocycles. The maximum Gasteiger partial charge on any atom is 0.306 e. The van der Waals surface area contributed by atoms with Crippen molar-refractivity contribution in [1.82, 2.24) is 0 Å². The average molecular weight is 805 g/mol. The SMILES string of the molecule is CC/C=C\C/C=C\C/C=C\C/C=C\CCCOCC(COC(=O)CCCCCCCCCCCCCCCCC)OC(=O)CC/C=C\C/C=C\C/C=C\C/C=C\CC. The molecule has 330 valence electrons. The highest BCUT2D eigenvalue weighted by Gasteiger charge is 2.17. The van der Waals surface area contributed by atoms with E-state index >= 15 is 0 Å². The van der Waals surface area contributed by atoms with Crippen LogP contribution in [0.3, 0.4) is 0 Å². The summed E-state index contributed by atoms with van der Waals surface area (Å²) in [5, 5.41) is 0. The molecule has 58 heavy (non-hydrogen) atoms. The van der Waals surface area contributed by atoms with E-state index in [1.165, 1.54) is 83.5 Å². The number of allylic oxidation sites excluding steroid dienone is 16. The maximum absolute atomic E-state index is 12.7. The van der Waals surface area contributed by atoms with Gasteiger partial charge in [0.05, 0.1) is 6.61 Å². The molecule has 1 unspecified atom stereocenters. The number of esters is 2. The van der Waals surface area contributed by atoms with Crippen LogP contribution in [0.1, 0.15) is 201 Å². The Bertz CT molecular complexity index is 1140. The first kappa shape index (κ1) is 54.8. The molecule has 0 fully saturated rings. The van der Waals surface area contributed by atoms with Crippen LogP contribution in [0.15, 0.2) is 97.2 Å². The number of ether oxygens (including phenoxy) is 3. The molecular weight excluding hydrogens is 717 g/mol. The van der Waals surface area contributed by atoms with Crippen molar-refractivity contribution >= 4 is 11.9 Å². The number of rotatable bonds is 42. The lowest BCUT2D eigenvalue weighted by molar-refractivity contribution is -0.162. The Morgan fingerprint density at radius 1 is 0.397 bits per heavy atom. The van der Waals surface area contributed by atoms with Gasteiger partial charge in [-0.25, -0.2) is 0 Å². The van der Waals surface area contributed by atoms with E-state index in [-0.39, 0.29) is 31.6 Å². The van der Waals surface area contributed by atoms with Crippen molar-refractivity contribution < 1.29 is 23.8 Å². The van der Waals surface area contributed by atoms with Crippen LogP contribution in [0.2, 0.25) is 0 Å². The molecule has 0 aromatic heterocycles. The van der Waals surface area contributed by atoms with Crippen LogP contribution in [0.25, 0.3) is 0 Å². The highest BCUT2D eigenvalue weighted by molar-refractivity contribution is 5.70. The third-order valence-corrected chi connectivity index (χ3v) is 9.63. The minimum absolute atomic E-state index is 0.0319. The van der Waals surface area contributed by atoms with Gasteiger partial charge in [0.25, 0.3) is 0 Å². The van der Waals surface area contributed by atoms with Gasteiger partial charge in [-0.1, -0.05) is 208 Å². The second-order valence-electron chi connectivity index (χ2n) is 15.3. The fourth-order valence-electron chi connectivity index (χ4n) is 6.17. The van der Waals surface area contributed by atoms with Gasteiger partial charge in [0.15, 0.2) is 6.10 Å². The van der Waals surface area contributed by atoms with Crippen molar-refractivity contribution in [2.24, 2.45) is 0 Å². The summed E-state index contributed by atoms with van der Waals surface area (Å²) in [6, 6.07) is 0. The lowest BCUT2D eigenvalue weighted by Gasteiger charge is -2.18. The van der Waals surface area contributed by atoms with E-state index in [1.54, 1.807) is 0 Å². The molecule has 0 aromatic carbocycles. The van der Waals surface area contributed by atoms with Gasteiger partial charge in [-0.15, -0.1) is 0 Å². The van der Waals surface area contributed by atoms with E-state index < -0.39 is 6.10 Å². The van der Waals surface area contributed by atoms with E-state index in [2.05, 4.69) is 112 Å². The van der Waals surface area contributed by atoms with Crippen molar-refractivity contribution in [3.05, 3.63) is 97.2 Å². The minimum atomic E-state index is -0.604. The van der Waals surface area contributed by atoms with Crippen LogP contribution in [-0.4, -0.2) is 37.9 Å². The van der Waals surface area contributed by atoms with Crippen LogP contribution in [0.4, 0.5) is 0 Å². The molecule has 5 nitrogen and oxygen atoms in total. The van der Waals surface area contributed by atoms with E-state index in [0.717, 1.165) is 77.0 Å². The van der Waals surface area contributed by atoms with Gasteiger partial charge in [-0.2, -0.15) is 0 Å². The molecule has 0 amide bonds. The van der Waals surface area contributed by atoms with Gasteiger partial charge in [-0.3, -0.25) is 9.59 Å². The average Bonchev–Trinajstić information content (AvgIpc) is 3.22. The zero-order valence-electron chi connectivity index (χ0n) is 37.8. The Labute approximate surface area is 358 Å². The van der Waals surface area contributed by atoms with E-state index in [9.17, 15) is 9.59 Å². The third kappa shape index (κ3) is 45.5. The summed E-state index contributed by atoms with van der Waals surface area (Å²) in [6.07, 6.45) is 64.4. The van der Waals surface area contributed by atoms with Gasteiger partial charge < -0.3 is 14.2 Å². The highest BCUT2D eigenvalue weighted by Crippen LogP contribution is 2.14. The van der Waals surface area contributed by atoms with Crippen molar-refractivity contribution in [1.29, 1.82) is 0 Å². The maximum atomic E-state index is 12.7. The van der Waals surface area contributed by atoms with Crippen LogP contribution >= 0.6 is 0 Å². The third-order valence-electron chi connectivity index (χ3n) is 9.63. The fourth-order valence-corrected chi connectivity index (χ4v) is 6.17. The fraction of sp³-hybridized carbons (Fsp3) is 0.660. The van der Waals surface area contributed by atoms with Gasteiger partial charge >= 0.3 is 11.9 Å². The monoisotopic (exact) mass is 805 g/mol. The van der Waals surface area contributed by atoms with Crippen molar-refractivity contribution in [3.8, 4) is 0 Å². The Balaban J connectivity index is 4.43. The summed E-state index contributed by atoms with van der Waals surface area (Å²) in [5.41, 5.74) is 0. The first-order valence-electron chi connectivity index (χ1n) is 23.8. The summed E-state index contributed by atoms with van der Waals surface area (Å²) in [4.78, 5) is 25.3. The first-order chi connectivity index (χ1) is 28.6. The predicted octanol–water partition coefficient (Wildman–Crippen LogP) is 15.9. The van der Waals surface area contributed by atoms with E-state index in [0.29, 0.717) is 19.4 Å². The number of carbonyl (C=O) groups is 2. The first-order valence-corrected chi connectivity index (χ1v) is 23.8. The minimum Gasteiger partial charge on any atom is -0.462 e.